The lowest BCUT2D eigenvalue weighted by Gasteiger charge is -2.19. The molecule has 0 aliphatic carbocycles. The number of aliphatic hydroxyl groups excluding tert-OH is 2. The Kier molecular flexibility index (Phi) is 50.8. The lowest BCUT2D eigenvalue weighted by atomic mass is 10.0. The van der Waals surface area contributed by atoms with Gasteiger partial charge in [-0.1, -0.05) is 281 Å². The molecule has 60 heavy (non-hydrogen) atoms. The summed E-state index contributed by atoms with van der Waals surface area (Å²) in [7, 11) is 0. The molecule has 0 aromatic heterocycles. The topological polar surface area (TPSA) is 69.6 Å². The van der Waals surface area contributed by atoms with Crippen LogP contribution in [-0.4, -0.2) is 34.9 Å². The zero-order valence-electron chi connectivity index (χ0n) is 40.7. The number of unbranched alkanes of at least 4 members (excludes halogenated alkanes) is 39. The van der Waals surface area contributed by atoms with Crippen molar-refractivity contribution in [2.24, 2.45) is 0 Å². The maximum absolute atomic E-state index is 12.4. The van der Waals surface area contributed by atoms with Gasteiger partial charge in [-0.15, -0.1) is 0 Å². The van der Waals surface area contributed by atoms with Gasteiger partial charge in [-0.25, -0.2) is 0 Å². The van der Waals surface area contributed by atoms with Crippen molar-refractivity contribution in [2.75, 3.05) is 6.61 Å². The highest BCUT2D eigenvalue weighted by molar-refractivity contribution is 5.76. The number of carbonyl (C=O) groups is 1. The Morgan fingerprint density at radius 3 is 0.967 bits per heavy atom. The average Bonchev–Trinajstić information content (AvgIpc) is 3.25. The molecule has 4 heteroatoms. The number of nitrogens with one attached hydrogen (secondary N) is 1. The number of rotatable bonds is 50. The second kappa shape index (κ2) is 52.0. The Labute approximate surface area is 376 Å². The molecule has 0 aliphatic heterocycles. The van der Waals surface area contributed by atoms with Crippen LogP contribution >= 0.6 is 0 Å². The first kappa shape index (κ1) is 58.6. The summed E-state index contributed by atoms with van der Waals surface area (Å²) in [4.78, 5) is 12.4. The molecular weight excluding hydrogens is 735 g/mol. The zero-order chi connectivity index (χ0) is 43.5. The van der Waals surface area contributed by atoms with Crippen molar-refractivity contribution in [1.82, 2.24) is 5.32 Å². The van der Waals surface area contributed by atoms with E-state index in [9.17, 15) is 15.0 Å². The molecule has 0 fully saturated rings. The minimum atomic E-state index is -0.867. The Balaban J connectivity index is 3.39. The summed E-state index contributed by atoms with van der Waals surface area (Å²) >= 11 is 0. The van der Waals surface area contributed by atoms with Gasteiger partial charge in [0.2, 0.25) is 5.91 Å². The van der Waals surface area contributed by atoms with E-state index in [1.807, 2.05) is 6.08 Å². The van der Waals surface area contributed by atoms with Crippen molar-refractivity contribution >= 4 is 5.91 Å². The van der Waals surface area contributed by atoms with Crippen LogP contribution in [0.5, 0.6) is 0 Å². The predicted octanol–water partition coefficient (Wildman–Crippen LogP) is 17.7. The minimum Gasteiger partial charge on any atom is -0.394 e. The van der Waals surface area contributed by atoms with Gasteiger partial charge in [0.25, 0.3) is 0 Å². The quantitative estimate of drug-likeness (QED) is 0.0422. The fraction of sp³-hybridized carbons (Fsp3) is 0.875. The van der Waals surface area contributed by atoms with Gasteiger partial charge in [-0.05, 0) is 44.9 Å². The van der Waals surface area contributed by atoms with Crippen molar-refractivity contribution in [2.45, 2.75) is 309 Å². The number of allylic oxidation sites excluding steroid dienone is 5. The second-order valence-corrected chi connectivity index (χ2v) is 18.6. The molecule has 1 amide bonds. The van der Waals surface area contributed by atoms with Gasteiger partial charge >= 0.3 is 0 Å². The fourth-order valence-corrected chi connectivity index (χ4v) is 8.45. The number of aliphatic hydroxyl groups is 2. The van der Waals surface area contributed by atoms with Gasteiger partial charge in [0.15, 0.2) is 0 Å². The monoisotopic (exact) mass is 842 g/mol. The molecule has 0 aliphatic rings. The van der Waals surface area contributed by atoms with E-state index >= 15 is 0 Å². The fourth-order valence-electron chi connectivity index (χ4n) is 8.45. The lowest BCUT2D eigenvalue weighted by molar-refractivity contribution is -0.123. The third-order valence-corrected chi connectivity index (χ3v) is 12.6. The molecule has 4 nitrogen and oxygen atoms in total. The van der Waals surface area contributed by atoms with E-state index < -0.39 is 12.1 Å². The largest absolute Gasteiger partial charge is 0.394 e. The highest BCUT2D eigenvalue weighted by Crippen LogP contribution is 2.17. The maximum atomic E-state index is 12.4. The summed E-state index contributed by atoms with van der Waals surface area (Å²) in [6.07, 6.45) is 70.4. The van der Waals surface area contributed by atoms with Crippen molar-refractivity contribution < 1.29 is 15.0 Å². The molecule has 0 aromatic rings. The van der Waals surface area contributed by atoms with Gasteiger partial charge in [0.1, 0.15) is 0 Å². The zero-order valence-corrected chi connectivity index (χ0v) is 40.7. The summed E-state index contributed by atoms with van der Waals surface area (Å²) < 4.78 is 0. The number of hydrogen-bond donors (Lipinski definition) is 3. The smallest absolute Gasteiger partial charge is 0.220 e. The van der Waals surface area contributed by atoms with E-state index in [4.69, 9.17) is 0 Å². The molecule has 0 saturated carbocycles. The van der Waals surface area contributed by atoms with Crippen molar-refractivity contribution in [3.8, 4) is 0 Å². The molecule has 3 N–H and O–H groups in total. The molecule has 0 bridgehead atoms. The van der Waals surface area contributed by atoms with E-state index in [1.54, 1.807) is 6.08 Å². The maximum Gasteiger partial charge on any atom is 0.220 e. The highest BCUT2D eigenvalue weighted by atomic mass is 16.3. The van der Waals surface area contributed by atoms with E-state index in [0.717, 1.165) is 38.5 Å². The standard InChI is InChI=1S/C56H107NO3/c1-3-5-7-9-11-13-15-17-18-19-20-21-22-23-24-25-26-27-28-29-30-31-32-33-34-35-36-37-38-40-42-44-46-48-50-52-56(60)57-54(53-58)55(59)51-49-47-45-43-41-39-16-14-12-10-8-6-4-2/h12,14,41,43,49,51,54-55,58-59H,3-11,13,15-40,42,44-48,50,52-53H2,1-2H3,(H,57,60)/b14-12+,43-41+,51-49+. The number of amides is 1. The van der Waals surface area contributed by atoms with E-state index in [1.165, 1.54) is 238 Å². The Bertz CT molecular complexity index is 912. The summed E-state index contributed by atoms with van der Waals surface area (Å²) in [6.45, 7) is 4.28. The third kappa shape index (κ3) is 47.7. The number of carbonyl (C=O) groups excluding carboxylic acids is 1. The van der Waals surface area contributed by atoms with Crippen LogP contribution in [0.4, 0.5) is 0 Å². The van der Waals surface area contributed by atoms with Gasteiger partial charge in [-0.2, -0.15) is 0 Å². The van der Waals surface area contributed by atoms with Crippen LogP contribution < -0.4 is 5.32 Å². The first-order valence-electron chi connectivity index (χ1n) is 27.2. The van der Waals surface area contributed by atoms with Crippen LogP contribution in [0.2, 0.25) is 0 Å². The molecule has 0 radical (unpaired) electrons. The second-order valence-electron chi connectivity index (χ2n) is 18.6. The Morgan fingerprint density at radius 2 is 0.650 bits per heavy atom. The molecule has 0 saturated heterocycles. The van der Waals surface area contributed by atoms with Gasteiger partial charge < -0.3 is 15.5 Å². The van der Waals surface area contributed by atoms with Gasteiger partial charge in [0, 0.05) is 6.42 Å². The van der Waals surface area contributed by atoms with Crippen LogP contribution in [-0.2, 0) is 4.79 Å². The molecule has 2 atom stereocenters. The molecule has 354 valence electrons. The first-order valence-corrected chi connectivity index (χ1v) is 27.2. The summed E-state index contributed by atoms with van der Waals surface area (Å²) in [5.41, 5.74) is 0. The van der Waals surface area contributed by atoms with Gasteiger partial charge in [0.05, 0.1) is 18.8 Å². The SMILES string of the molecule is CCCCC/C=C/CC/C=C/CC/C=C/C(O)C(CO)NC(=O)CCCCCCCCCCCCCCCCCCCCCCCCCCCCCCCCCCCCC. The van der Waals surface area contributed by atoms with Crippen LogP contribution in [0.25, 0.3) is 0 Å². The summed E-state index contributed by atoms with van der Waals surface area (Å²) in [5, 5.41) is 23.0. The molecule has 0 heterocycles. The third-order valence-electron chi connectivity index (χ3n) is 12.6. The van der Waals surface area contributed by atoms with E-state index in [2.05, 4.69) is 43.5 Å². The predicted molar refractivity (Wildman–Crippen MR) is 267 cm³/mol. The van der Waals surface area contributed by atoms with Crippen molar-refractivity contribution in [3.05, 3.63) is 36.5 Å². The summed E-state index contributed by atoms with van der Waals surface area (Å²) in [6, 6.07) is -0.642. The van der Waals surface area contributed by atoms with E-state index in [-0.39, 0.29) is 12.5 Å². The van der Waals surface area contributed by atoms with E-state index in [0.29, 0.717) is 6.42 Å². The Hall–Kier alpha value is -1.39. The first-order chi connectivity index (χ1) is 29.7. The van der Waals surface area contributed by atoms with Crippen molar-refractivity contribution in [1.29, 1.82) is 0 Å². The molecule has 0 rings (SSSR count). The van der Waals surface area contributed by atoms with Crippen LogP contribution in [0.15, 0.2) is 36.5 Å². The van der Waals surface area contributed by atoms with Crippen LogP contribution in [0.1, 0.15) is 296 Å². The number of hydrogen-bond acceptors (Lipinski definition) is 3. The molecule has 2 unspecified atom stereocenters. The molecular formula is C56H107NO3. The lowest BCUT2D eigenvalue weighted by Crippen LogP contribution is -2.45. The normalized spacial score (nSPS) is 13.1. The van der Waals surface area contributed by atoms with Crippen molar-refractivity contribution in [3.63, 3.8) is 0 Å². The molecule has 0 aromatic carbocycles. The summed E-state index contributed by atoms with van der Waals surface area (Å²) in [5.74, 6) is -0.0742. The van der Waals surface area contributed by atoms with Crippen LogP contribution in [0.3, 0.4) is 0 Å². The van der Waals surface area contributed by atoms with Gasteiger partial charge in [-0.3, -0.25) is 4.79 Å². The minimum absolute atomic E-state index is 0.0742. The Morgan fingerprint density at radius 1 is 0.383 bits per heavy atom. The average molecular weight is 842 g/mol. The van der Waals surface area contributed by atoms with Crippen LogP contribution in [0, 0.1) is 0 Å². The molecule has 0 spiro atoms. The highest BCUT2D eigenvalue weighted by Gasteiger charge is 2.18.